The van der Waals surface area contributed by atoms with E-state index < -0.39 is 0 Å². The molecule has 1 aromatic carbocycles. The number of hydrogen-bond acceptors (Lipinski definition) is 4. The van der Waals surface area contributed by atoms with Gasteiger partial charge in [-0.1, -0.05) is 24.3 Å². The Labute approximate surface area is 126 Å². The number of likely N-dealkylation sites (N-methyl/N-ethyl adjacent to an activating group) is 1. The average Bonchev–Trinajstić information content (AvgIpc) is 3.04. The molecular formula is C17H23N3O. The van der Waals surface area contributed by atoms with E-state index in [1.807, 2.05) is 0 Å². The maximum absolute atomic E-state index is 5.02. The van der Waals surface area contributed by atoms with Crippen LogP contribution in [0.15, 0.2) is 41.3 Å². The summed E-state index contributed by atoms with van der Waals surface area (Å²) in [5.41, 5.74) is 3.42. The number of piperazine rings is 1. The van der Waals surface area contributed by atoms with E-state index in [1.54, 1.807) is 6.26 Å². The second kappa shape index (κ2) is 6.87. The third kappa shape index (κ3) is 3.93. The van der Waals surface area contributed by atoms with E-state index in [9.17, 15) is 0 Å². The van der Waals surface area contributed by atoms with Gasteiger partial charge in [-0.3, -0.25) is 0 Å². The summed E-state index contributed by atoms with van der Waals surface area (Å²) in [6, 6.07) is 8.66. The lowest BCUT2D eigenvalue weighted by Gasteiger charge is -2.32. The first-order valence-corrected chi connectivity index (χ1v) is 7.70. The van der Waals surface area contributed by atoms with Crippen LogP contribution in [0.1, 0.15) is 12.0 Å². The number of oxazole rings is 1. The molecule has 0 amide bonds. The van der Waals surface area contributed by atoms with Crippen molar-refractivity contribution in [3.05, 3.63) is 42.5 Å². The van der Waals surface area contributed by atoms with E-state index in [2.05, 4.69) is 46.1 Å². The highest BCUT2D eigenvalue weighted by Gasteiger charge is 2.12. The molecule has 0 radical (unpaired) electrons. The highest BCUT2D eigenvalue weighted by Crippen LogP contribution is 2.18. The summed E-state index contributed by atoms with van der Waals surface area (Å²) < 4.78 is 5.02. The smallest absolute Gasteiger partial charge is 0.181 e. The van der Waals surface area contributed by atoms with Crippen LogP contribution in [0, 0.1) is 0 Å². The van der Waals surface area contributed by atoms with Gasteiger partial charge in [0, 0.05) is 31.7 Å². The minimum absolute atomic E-state index is 0.902. The number of hydrogen-bond donors (Lipinski definition) is 0. The fourth-order valence-electron chi connectivity index (χ4n) is 2.78. The fourth-order valence-corrected chi connectivity index (χ4v) is 2.78. The molecule has 4 heteroatoms. The second-order valence-corrected chi connectivity index (χ2v) is 5.82. The van der Waals surface area contributed by atoms with Crippen LogP contribution in [-0.2, 0) is 6.42 Å². The Morgan fingerprint density at radius 1 is 1.10 bits per heavy atom. The third-order valence-electron chi connectivity index (χ3n) is 4.22. The van der Waals surface area contributed by atoms with Gasteiger partial charge in [0.25, 0.3) is 0 Å². The van der Waals surface area contributed by atoms with Crippen molar-refractivity contribution < 1.29 is 4.42 Å². The van der Waals surface area contributed by atoms with E-state index in [4.69, 9.17) is 4.42 Å². The third-order valence-corrected chi connectivity index (χ3v) is 4.22. The molecule has 4 nitrogen and oxygen atoms in total. The van der Waals surface area contributed by atoms with E-state index >= 15 is 0 Å². The number of aryl methyl sites for hydroxylation is 1. The van der Waals surface area contributed by atoms with E-state index in [1.165, 1.54) is 51.1 Å². The molecule has 0 aliphatic carbocycles. The molecular weight excluding hydrogens is 262 g/mol. The standard InChI is InChI=1S/C17H23N3O/c1-19-9-11-20(12-10-19)8-2-3-15-4-6-16(7-5-15)17-13-21-14-18-17/h4-7,13-14H,2-3,8-12H2,1H3. The first-order valence-electron chi connectivity index (χ1n) is 7.70. The first kappa shape index (κ1) is 14.3. The maximum atomic E-state index is 5.02. The summed E-state index contributed by atoms with van der Waals surface area (Å²) in [7, 11) is 2.20. The molecule has 0 bridgehead atoms. The van der Waals surface area contributed by atoms with Gasteiger partial charge < -0.3 is 14.2 Å². The molecule has 1 aliphatic heterocycles. The zero-order valence-corrected chi connectivity index (χ0v) is 12.7. The molecule has 0 atom stereocenters. The molecule has 3 rings (SSSR count). The number of benzene rings is 1. The van der Waals surface area contributed by atoms with E-state index in [-0.39, 0.29) is 0 Å². The molecule has 2 aromatic rings. The van der Waals surface area contributed by atoms with Crippen molar-refractivity contribution in [3.63, 3.8) is 0 Å². The summed E-state index contributed by atoms with van der Waals surface area (Å²) in [6.45, 7) is 6.03. The predicted octanol–water partition coefficient (Wildman–Crippen LogP) is 2.52. The molecule has 112 valence electrons. The van der Waals surface area contributed by atoms with Crippen LogP contribution in [0.4, 0.5) is 0 Å². The van der Waals surface area contributed by atoms with Gasteiger partial charge in [-0.2, -0.15) is 0 Å². The zero-order chi connectivity index (χ0) is 14.5. The van der Waals surface area contributed by atoms with Gasteiger partial charge in [0.1, 0.15) is 12.0 Å². The van der Waals surface area contributed by atoms with Crippen molar-refractivity contribution >= 4 is 0 Å². The van der Waals surface area contributed by atoms with Crippen molar-refractivity contribution in [1.29, 1.82) is 0 Å². The monoisotopic (exact) mass is 285 g/mol. The van der Waals surface area contributed by atoms with Crippen LogP contribution in [0.3, 0.4) is 0 Å². The molecule has 1 aromatic heterocycles. The lowest BCUT2D eigenvalue weighted by Crippen LogP contribution is -2.44. The summed E-state index contributed by atoms with van der Waals surface area (Å²) >= 11 is 0. The Morgan fingerprint density at radius 2 is 1.86 bits per heavy atom. The van der Waals surface area contributed by atoms with Gasteiger partial charge >= 0.3 is 0 Å². The Kier molecular flexibility index (Phi) is 4.68. The lowest BCUT2D eigenvalue weighted by atomic mass is 10.1. The topological polar surface area (TPSA) is 32.5 Å². The summed E-state index contributed by atoms with van der Waals surface area (Å²) in [4.78, 5) is 9.14. The fraction of sp³-hybridized carbons (Fsp3) is 0.471. The molecule has 0 unspecified atom stereocenters. The Hall–Kier alpha value is -1.65. The van der Waals surface area contributed by atoms with Gasteiger partial charge in [0.15, 0.2) is 6.39 Å². The van der Waals surface area contributed by atoms with Crippen molar-refractivity contribution in [2.45, 2.75) is 12.8 Å². The minimum atomic E-state index is 0.902. The quantitative estimate of drug-likeness (QED) is 0.845. The molecule has 0 saturated carbocycles. The van der Waals surface area contributed by atoms with Gasteiger partial charge in [0.2, 0.25) is 0 Å². The Bertz CT molecular complexity index is 528. The highest BCUT2D eigenvalue weighted by molar-refractivity contribution is 5.57. The minimum Gasteiger partial charge on any atom is -0.451 e. The SMILES string of the molecule is CN1CCN(CCCc2ccc(-c3cocn3)cc2)CC1. The summed E-state index contributed by atoms with van der Waals surface area (Å²) in [5.74, 6) is 0. The number of nitrogens with zero attached hydrogens (tertiary/aromatic N) is 3. The number of rotatable bonds is 5. The Morgan fingerprint density at radius 3 is 2.52 bits per heavy atom. The largest absolute Gasteiger partial charge is 0.451 e. The molecule has 0 N–H and O–H groups in total. The molecule has 0 spiro atoms. The van der Waals surface area contributed by atoms with E-state index in [0.717, 1.165) is 17.7 Å². The van der Waals surface area contributed by atoms with Crippen LogP contribution in [-0.4, -0.2) is 54.6 Å². The number of aromatic nitrogens is 1. The van der Waals surface area contributed by atoms with Crippen LogP contribution in [0.25, 0.3) is 11.3 Å². The second-order valence-electron chi connectivity index (χ2n) is 5.82. The zero-order valence-electron chi connectivity index (χ0n) is 12.7. The molecule has 2 heterocycles. The molecule has 1 saturated heterocycles. The van der Waals surface area contributed by atoms with Crippen molar-refractivity contribution in [1.82, 2.24) is 14.8 Å². The summed E-state index contributed by atoms with van der Waals surface area (Å²) in [6.07, 6.45) is 5.53. The molecule has 1 fully saturated rings. The van der Waals surface area contributed by atoms with Gasteiger partial charge in [-0.05, 0) is 32.0 Å². The van der Waals surface area contributed by atoms with Crippen LogP contribution in [0.5, 0.6) is 0 Å². The maximum Gasteiger partial charge on any atom is 0.181 e. The van der Waals surface area contributed by atoms with Crippen LogP contribution < -0.4 is 0 Å². The van der Waals surface area contributed by atoms with Gasteiger partial charge in [-0.15, -0.1) is 0 Å². The van der Waals surface area contributed by atoms with Gasteiger partial charge in [-0.25, -0.2) is 4.98 Å². The highest BCUT2D eigenvalue weighted by atomic mass is 16.3. The van der Waals surface area contributed by atoms with Crippen molar-refractivity contribution in [2.24, 2.45) is 0 Å². The van der Waals surface area contributed by atoms with Crippen molar-refractivity contribution in [3.8, 4) is 11.3 Å². The molecule has 1 aliphatic rings. The van der Waals surface area contributed by atoms with Crippen LogP contribution >= 0.6 is 0 Å². The van der Waals surface area contributed by atoms with Crippen molar-refractivity contribution in [2.75, 3.05) is 39.8 Å². The summed E-state index contributed by atoms with van der Waals surface area (Å²) in [5, 5.41) is 0. The normalized spacial score (nSPS) is 17.2. The first-order chi connectivity index (χ1) is 10.3. The average molecular weight is 285 g/mol. The van der Waals surface area contributed by atoms with E-state index in [0.29, 0.717) is 0 Å². The van der Waals surface area contributed by atoms with Gasteiger partial charge in [0.05, 0.1) is 0 Å². The Balaban J connectivity index is 1.45. The van der Waals surface area contributed by atoms with Crippen LogP contribution in [0.2, 0.25) is 0 Å². The lowest BCUT2D eigenvalue weighted by molar-refractivity contribution is 0.153. The molecule has 21 heavy (non-hydrogen) atoms. The predicted molar refractivity (Wildman–Crippen MR) is 84.2 cm³/mol.